The van der Waals surface area contributed by atoms with Crippen LogP contribution in [0.5, 0.6) is 11.5 Å². The average Bonchev–Trinajstić information content (AvgIpc) is 2.10. The SMILES string of the molecule is CCOc1ccc(O)c(CC(=O)O)c1. The molecule has 0 radical (unpaired) electrons. The molecule has 0 aliphatic carbocycles. The van der Waals surface area contributed by atoms with Crippen LogP contribution in [0.15, 0.2) is 18.2 Å². The smallest absolute Gasteiger partial charge is 0.307 e. The molecule has 76 valence electrons. The van der Waals surface area contributed by atoms with Crippen molar-refractivity contribution < 1.29 is 19.7 Å². The maximum atomic E-state index is 10.4. The first-order valence-electron chi connectivity index (χ1n) is 4.30. The summed E-state index contributed by atoms with van der Waals surface area (Å²) in [6, 6.07) is 4.57. The van der Waals surface area contributed by atoms with E-state index in [0.717, 1.165) is 0 Å². The number of aromatic hydroxyl groups is 1. The number of carbonyl (C=O) groups is 1. The molecule has 4 heteroatoms. The molecule has 0 aromatic heterocycles. The molecule has 0 atom stereocenters. The number of hydrogen-bond donors (Lipinski definition) is 2. The van der Waals surface area contributed by atoms with Crippen molar-refractivity contribution in [3.05, 3.63) is 23.8 Å². The van der Waals surface area contributed by atoms with Crippen molar-refractivity contribution in [1.82, 2.24) is 0 Å². The van der Waals surface area contributed by atoms with Crippen LogP contribution in [0.25, 0.3) is 0 Å². The van der Waals surface area contributed by atoms with Crippen molar-refractivity contribution in [2.75, 3.05) is 6.61 Å². The lowest BCUT2D eigenvalue weighted by Crippen LogP contribution is -2.01. The number of phenolic OH excluding ortho intramolecular Hbond substituents is 1. The Morgan fingerprint density at radius 2 is 2.21 bits per heavy atom. The molecule has 0 aliphatic heterocycles. The van der Waals surface area contributed by atoms with Gasteiger partial charge in [-0.2, -0.15) is 0 Å². The van der Waals surface area contributed by atoms with Crippen molar-refractivity contribution in [1.29, 1.82) is 0 Å². The van der Waals surface area contributed by atoms with Crippen molar-refractivity contribution in [2.45, 2.75) is 13.3 Å². The van der Waals surface area contributed by atoms with Gasteiger partial charge in [-0.3, -0.25) is 4.79 Å². The van der Waals surface area contributed by atoms with Gasteiger partial charge in [0.05, 0.1) is 13.0 Å². The molecule has 0 unspecified atom stereocenters. The highest BCUT2D eigenvalue weighted by atomic mass is 16.5. The molecule has 1 rings (SSSR count). The van der Waals surface area contributed by atoms with Crippen LogP contribution >= 0.6 is 0 Å². The quantitative estimate of drug-likeness (QED) is 0.764. The fourth-order valence-corrected chi connectivity index (χ4v) is 1.12. The fourth-order valence-electron chi connectivity index (χ4n) is 1.12. The van der Waals surface area contributed by atoms with E-state index < -0.39 is 5.97 Å². The number of phenols is 1. The van der Waals surface area contributed by atoms with Gasteiger partial charge in [0.1, 0.15) is 11.5 Å². The number of rotatable bonds is 4. The second-order valence-corrected chi connectivity index (χ2v) is 2.79. The molecule has 0 amide bonds. The van der Waals surface area contributed by atoms with Crippen LogP contribution in [0, 0.1) is 0 Å². The highest BCUT2D eigenvalue weighted by Crippen LogP contribution is 2.23. The molecule has 4 nitrogen and oxygen atoms in total. The maximum absolute atomic E-state index is 10.4. The third-order valence-corrected chi connectivity index (χ3v) is 1.70. The number of carboxylic acid groups (broad SMARTS) is 1. The van der Waals surface area contributed by atoms with Gasteiger partial charge in [0.2, 0.25) is 0 Å². The summed E-state index contributed by atoms with van der Waals surface area (Å²) >= 11 is 0. The molecule has 0 heterocycles. The van der Waals surface area contributed by atoms with E-state index in [-0.39, 0.29) is 12.2 Å². The van der Waals surface area contributed by atoms with E-state index in [1.165, 1.54) is 12.1 Å². The minimum atomic E-state index is -0.978. The fraction of sp³-hybridized carbons (Fsp3) is 0.300. The van der Waals surface area contributed by atoms with Crippen LogP contribution in [0.3, 0.4) is 0 Å². The topological polar surface area (TPSA) is 66.8 Å². The minimum absolute atomic E-state index is 0.0177. The number of carboxylic acids is 1. The Labute approximate surface area is 81.8 Å². The zero-order valence-corrected chi connectivity index (χ0v) is 7.86. The summed E-state index contributed by atoms with van der Waals surface area (Å²) in [4.78, 5) is 10.4. The molecule has 0 aliphatic rings. The third kappa shape index (κ3) is 2.65. The lowest BCUT2D eigenvalue weighted by Gasteiger charge is -2.06. The van der Waals surface area contributed by atoms with Crippen LogP contribution < -0.4 is 4.74 Å². The van der Waals surface area contributed by atoms with Gasteiger partial charge < -0.3 is 14.9 Å². The van der Waals surface area contributed by atoms with E-state index in [4.69, 9.17) is 9.84 Å². The van der Waals surface area contributed by atoms with Crippen molar-refractivity contribution in [2.24, 2.45) is 0 Å². The Morgan fingerprint density at radius 1 is 1.50 bits per heavy atom. The summed E-state index contributed by atoms with van der Waals surface area (Å²) in [6.07, 6.45) is -0.202. The van der Waals surface area contributed by atoms with Crippen molar-refractivity contribution in [3.8, 4) is 11.5 Å². The molecule has 2 N–H and O–H groups in total. The van der Waals surface area contributed by atoms with Gasteiger partial charge in [-0.05, 0) is 25.1 Å². The highest BCUT2D eigenvalue weighted by molar-refractivity contribution is 5.71. The molecule has 1 aromatic rings. The summed E-state index contributed by atoms with van der Waals surface area (Å²) in [6.45, 7) is 2.35. The van der Waals surface area contributed by atoms with E-state index in [9.17, 15) is 9.90 Å². The largest absolute Gasteiger partial charge is 0.508 e. The van der Waals surface area contributed by atoms with E-state index in [1.807, 2.05) is 6.92 Å². The van der Waals surface area contributed by atoms with Gasteiger partial charge in [-0.1, -0.05) is 0 Å². The van der Waals surface area contributed by atoms with Gasteiger partial charge in [0, 0.05) is 5.56 Å². The number of aliphatic carboxylic acids is 1. The van der Waals surface area contributed by atoms with Crippen molar-refractivity contribution >= 4 is 5.97 Å². The van der Waals surface area contributed by atoms with E-state index in [1.54, 1.807) is 6.07 Å². The standard InChI is InChI=1S/C10H12O4/c1-2-14-8-3-4-9(11)7(5-8)6-10(12)13/h3-5,11H,2,6H2,1H3,(H,12,13). The Balaban J connectivity index is 2.90. The lowest BCUT2D eigenvalue weighted by molar-refractivity contribution is -0.136. The Hall–Kier alpha value is -1.71. The molecule has 0 fully saturated rings. The summed E-state index contributed by atoms with van der Waals surface area (Å²) in [7, 11) is 0. The van der Waals surface area contributed by atoms with E-state index in [2.05, 4.69) is 0 Å². The van der Waals surface area contributed by atoms with Crippen LogP contribution in [0.4, 0.5) is 0 Å². The number of benzene rings is 1. The van der Waals surface area contributed by atoms with Gasteiger partial charge in [-0.15, -0.1) is 0 Å². The predicted octanol–water partition coefficient (Wildman–Crippen LogP) is 1.42. The Kier molecular flexibility index (Phi) is 3.34. The van der Waals surface area contributed by atoms with E-state index >= 15 is 0 Å². The normalized spacial score (nSPS) is 9.79. The number of hydrogen-bond acceptors (Lipinski definition) is 3. The van der Waals surface area contributed by atoms with Crippen molar-refractivity contribution in [3.63, 3.8) is 0 Å². The van der Waals surface area contributed by atoms with Crippen LogP contribution in [-0.4, -0.2) is 22.8 Å². The maximum Gasteiger partial charge on any atom is 0.307 e. The third-order valence-electron chi connectivity index (χ3n) is 1.70. The Morgan fingerprint density at radius 3 is 2.79 bits per heavy atom. The molecule has 0 bridgehead atoms. The summed E-state index contributed by atoms with van der Waals surface area (Å²) < 4.78 is 5.18. The van der Waals surface area contributed by atoms with Crippen LogP contribution in [-0.2, 0) is 11.2 Å². The first-order valence-corrected chi connectivity index (χ1v) is 4.30. The average molecular weight is 196 g/mol. The molecule has 1 aromatic carbocycles. The summed E-state index contributed by atoms with van der Waals surface area (Å²) in [5.41, 5.74) is 0.364. The lowest BCUT2D eigenvalue weighted by atomic mass is 10.1. The van der Waals surface area contributed by atoms with Gasteiger partial charge in [0.25, 0.3) is 0 Å². The van der Waals surface area contributed by atoms with Gasteiger partial charge >= 0.3 is 5.97 Å². The predicted molar refractivity (Wildman–Crippen MR) is 50.6 cm³/mol. The zero-order valence-electron chi connectivity index (χ0n) is 7.86. The Bertz CT molecular complexity index is 333. The first kappa shape index (κ1) is 10.4. The second-order valence-electron chi connectivity index (χ2n) is 2.79. The van der Waals surface area contributed by atoms with E-state index in [0.29, 0.717) is 17.9 Å². The zero-order chi connectivity index (χ0) is 10.6. The molecule has 0 spiro atoms. The molecular weight excluding hydrogens is 184 g/mol. The van der Waals surface area contributed by atoms with Crippen LogP contribution in [0.1, 0.15) is 12.5 Å². The molecule has 0 saturated heterocycles. The summed E-state index contributed by atoms with van der Waals surface area (Å²) in [5, 5.41) is 17.9. The van der Waals surface area contributed by atoms with Gasteiger partial charge in [0.15, 0.2) is 0 Å². The molecule has 14 heavy (non-hydrogen) atoms. The first-order chi connectivity index (χ1) is 6.63. The molecular formula is C10H12O4. The second kappa shape index (κ2) is 4.50. The van der Waals surface area contributed by atoms with Crippen LogP contribution in [0.2, 0.25) is 0 Å². The summed E-state index contributed by atoms with van der Waals surface area (Å²) in [5.74, 6) is -0.425. The highest BCUT2D eigenvalue weighted by Gasteiger charge is 2.07. The van der Waals surface area contributed by atoms with Gasteiger partial charge in [-0.25, -0.2) is 0 Å². The minimum Gasteiger partial charge on any atom is -0.508 e. The number of ether oxygens (including phenoxy) is 1. The molecule has 0 saturated carbocycles. The monoisotopic (exact) mass is 196 g/mol.